The molecule has 7 nitrogen and oxygen atoms in total. The number of halogens is 1. The Morgan fingerprint density at radius 3 is 2.32 bits per heavy atom. The monoisotopic (exact) mass is 421 g/mol. The van der Waals surface area contributed by atoms with E-state index in [4.69, 9.17) is 11.6 Å². The van der Waals surface area contributed by atoms with Crippen molar-refractivity contribution >= 4 is 45.2 Å². The summed E-state index contributed by atoms with van der Waals surface area (Å²) in [7, 11) is -3.65. The number of anilines is 1. The van der Waals surface area contributed by atoms with E-state index in [0.29, 0.717) is 10.7 Å². The second-order valence-corrected chi connectivity index (χ2v) is 7.82. The van der Waals surface area contributed by atoms with E-state index in [2.05, 4.69) is 15.4 Å². The zero-order chi connectivity index (χ0) is 20.4. The third-order valence-electron chi connectivity index (χ3n) is 3.47. The number of amides is 2. The van der Waals surface area contributed by atoms with Gasteiger partial charge in [-0.1, -0.05) is 41.9 Å². The van der Waals surface area contributed by atoms with Crippen molar-refractivity contribution in [2.75, 3.05) is 18.4 Å². The molecule has 148 valence electrons. The topological polar surface area (TPSA) is 104 Å². The molecule has 0 aliphatic carbocycles. The first-order valence-electron chi connectivity index (χ1n) is 8.39. The third-order valence-corrected chi connectivity index (χ3v) is 4.82. The number of carbonyl (C=O) groups excluding carboxylic acids is 2. The van der Waals surface area contributed by atoms with Crippen LogP contribution < -0.4 is 15.4 Å². The van der Waals surface area contributed by atoms with Crippen molar-refractivity contribution in [3.8, 4) is 0 Å². The highest BCUT2D eigenvalue weighted by molar-refractivity contribution is 7.92. The van der Waals surface area contributed by atoms with Gasteiger partial charge in [-0.15, -0.1) is 0 Å². The number of hydrogen-bond acceptors (Lipinski definition) is 4. The zero-order valence-electron chi connectivity index (χ0n) is 14.9. The van der Waals surface area contributed by atoms with Crippen molar-refractivity contribution in [1.29, 1.82) is 0 Å². The molecular formula is C19H20ClN3O4S. The van der Waals surface area contributed by atoms with Gasteiger partial charge in [-0.3, -0.25) is 9.59 Å². The Morgan fingerprint density at radius 1 is 0.964 bits per heavy atom. The molecule has 2 amide bonds. The lowest BCUT2D eigenvalue weighted by atomic mass is 10.2. The van der Waals surface area contributed by atoms with Gasteiger partial charge >= 0.3 is 0 Å². The van der Waals surface area contributed by atoms with Crippen LogP contribution in [0.2, 0.25) is 5.02 Å². The van der Waals surface area contributed by atoms with Crippen LogP contribution in [0, 0.1) is 0 Å². The first kappa shape index (κ1) is 21.6. The van der Waals surface area contributed by atoms with Gasteiger partial charge in [0.25, 0.3) is 0 Å². The van der Waals surface area contributed by atoms with Crippen LogP contribution >= 0.6 is 11.6 Å². The van der Waals surface area contributed by atoms with E-state index in [0.717, 1.165) is 11.0 Å². The summed E-state index contributed by atoms with van der Waals surface area (Å²) in [6, 6.07) is 15.5. The normalized spacial score (nSPS) is 11.3. The van der Waals surface area contributed by atoms with Crippen LogP contribution in [-0.4, -0.2) is 33.3 Å². The molecule has 0 saturated carbocycles. The van der Waals surface area contributed by atoms with E-state index in [1.165, 1.54) is 6.08 Å². The second-order valence-electron chi connectivity index (χ2n) is 5.73. The van der Waals surface area contributed by atoms with E-state index in [1.807, 2.05) is 6.07 Å². The molecule has 0 aromatic heterocycles. The molecule has 9 heteroatoms. The van der Waals surface area contributed by atoms with E-state index in [9.17, 15) is 18.0 Å². The Kier molecular flexibility index (Phi) is 8.19. The van der Waals surface area contributed by atoms with Gasteiger partial charge in [0.2, 0.25) is 21.8 Å². The molecule has 2 rings (SSSR count). The maximum Gasteiger partial charge on any atom is 0.243 e. The number of nitrogens with one attached hydrogen (secondary N) is 3. The fourth-order valence-corrected chi connectivity index (χ4v) is 3.04. The van der Waals surface area contributed by atoms with E-state index in [1.54, 1.807) is 48.5 Å². The minimum atomic E-state index is -3.65. The predicted octanol–water partition coefficient (Wildman–Crippen LogP) is 2.38. The minimum Gasteiger partial charge on any atom is -0.347 e. The predicted molar refractivity (Wildman–Crippen MR) is 110 cm³/mol. The van der Waals surface area contributed by atoms with Crippen LogP contribution in [0.4, 0.5) is 5.69 Å². The van der Waals surface area contributed by atoms with Crippen molar-refractivity contribution in [3.05, 3.63) is 70.6 Å². The summed E-state index contributed by atoms with van der Waals surface area (Å²) in [6.07, 6.45) is 1.37. The lowest BCUT2D eigenvalue weighted by Gasteiger charge is -2.07. The molecule has 0 atom stereocenters. The van der Waals surface area contributed by atoms with Crippen molar-refractivity contribution in [2.24, 2.45) is 0 Å². The van der Waals surface area contributed by atoms with Gasteiger partial charge in [0.1, 0.15) is 0 Å². The Bertz CT molecular complexity index is 929. The number of rotatable bonds is 9. The lowest BCUT2D eigenvalue weighted by molar-refractivity contribution is -0.124. The van der Waals surface area contributed by atoms with Gasteiger partial charge in [-0.05, 0) is 35.9 Å². The van der Waals surface area contributed by atoms with Gasteiger partial charge < -0.3 is 10.6 Å². The summed E-state index contributed by atoms with van der Waals surface area (Å²) >= 11 is 5.76. The number of benzene rings is 2. The summed E-state index contributed by atoms with van der Waals surface area (Å²) < 4.78 is 26.1. The van der Waals surface area contributed by atoms with Crippen molar-refractivity contribution < 1.29 is 18.0 Å². The fourth-order valence-electron chi connectivity index (χ4n) is 2.09. The summed E-state index contributed by atoms with van der Waals surface area (Å²) in [4.78, 5) is 23.5. The van der Waals surface area contributed by atoms with Crippen molar-refractivity contribution in [2.45, 2.75) is 6.42 Å². The number of sulfonamides is 1. The molecule has 0 heterocycles. The molecule has 0 unspecified atom stereocenters. The SMILES string of the molecule is O=C(CCNS(=O)(=O)C=Cc1ccccc1)NCC(=O)Nc1ccc(Cl)cc1. The molecule has 0 aliphatic rings. The Balaban J connectivity index is 1.68. The van der Waals surface area contributed by atoms with Gasteiger partial charge in [-0.2, -0.15) is 0 Å². The molecule has 0 saturated heterocycles. The maximum atomic E-state index is 11.9. The molecular weight excluding hydrogens is 402 g/mol. The van der Waals surface area contributed by atoms with Crippen LogP contribution in [-0.2, 0) is 19.6 Å². The lowest BCUT2D eigenvalue weighted by Crippen LogP contribution is -2.35. The summed E-state index contributed by atoms with van der Waals surface area (Å²) in [5.41, 5.74) is 1.30. The zero-order valence-corrected chi connectivity index (χ0v) is 16.5. The van der Waals surface area contributed by atoms with E-state index in [-0.39, 0.29) is 19.5 Å². The summed E-state index contributed by atoms with van der Waals surface area (Å²) in [5, 5.41) is 6.62. The van der Waals surface area contributed by atoms with Crippen LogP contribution in [0.15, 0.2) is 60.0 Å². The molecule has 2 aromatic carbocycles. The largest absolute Gasteiger partial charge is 0.347 e. The first-order chi connectivity index (χ1) is 13.3. The first-order valence-corrected chi connectivity index (χ1v) is 10.3. The highest BCUT2D eigenvalue weighted by atomic mass is 35.5. The van der Waals surface area contributed by atoms with E-state index < -0.39 is 21.8 Å². The summed E-state index contributed by atoms with van der Waals surface area (Å²) in [6.45, 7) is -0.297. The van der Waals surface area contributed by atoms with Gasteiger partial charge in [0, 0.05) is 29.1 Å². The molecule has 3 N–H and O–H groups in total. The maximum absolute atomic E-state index is 11.9. The smallest absolute Gasteiger partial charge is 0.243 e. The highest BCUT2D eigenvalue weighted by Crippen LogP contribution is 2.13. The Hall–Kier alpha value is -2.68. The molecule has 0 spiro atoms. The average Bonchev–Trinajstić information content (AvgIpc) is 2.67. The molecule has 0 aliphatic heterocycles. The average molecular weight is 422 g/mol. The second kappa shape index (κ2) is 10.6. The molecule has 0 bridgehead atoms. The summed E-state index contributed by atoms with van der Waals surface area (Å²) in [5.74, 6) is -0.844. The third kappa shape index (κ3) is 8.34. The van der Waals surface area contributed by atoms with Crippen LogP contribution in [0.25, 0.3) is 6.08 Å². The van der Waals surface area contributed by atoms with Crippen molar-refractivity contribution in [1.82, 2.24) is 10.0 Å². The van der Waals surface area contributed by atoms with Crippen LogP contribution in [0.1, 0.15) is 12.0 Å². The minimum absolute atomic E-state index is 0.0773. The molecule has 0 fully saturated rings. The standard InChI is InChI=1S/C19H20ClN3O4S/c20-16-6-8-17(9-7-16)23-19(25)14-21-18(24)10-12-22-28(26,27)13-11-15-4-2-1-3-5-15/h1-9,11,13,22H,10,12,14H2,(H,21,24)(H,23,25). The van der Waals surface area contributed by atoms with E-state index >= 15 is 0 Å². The molecule has 2 aromatic rings. The van der Waals surface area contributed by atoms with Crippen LogP contribution in [0.5, 0.6) is 0 Å². The van der Waals surface area contributed by atoms with Gasteiger partial charge in [-0.25, -0.2) is 13.1 Å². The van der Waals surface area contributed by atoms with Crippen molar-refractivity contribution in [3.63, 3.8) is 0 Å². The fraction of sp³-hybridized carbons (Fsp3) is 0.158. The number of hydrogen-bond donors (Lipinski definition) is 3. The van der Waals surface area contributed by atoms with Crippen LogP contribution in [0.3, 0.4) is 0 Å². The number of carbonyl (C=O) groups is 2. The van der Waals surface area contributed by atoms with Gasteiger partial charge in [0.15, 0.2) is 0 Å². The van der Waals surface area contributed by atoms with Gasteiger partial charge in [0.05, 0.1) is 6.54 Å². The Labute approximate surface area is 168 Å². The highest BCUT2D eigenvalue weighted by Gasteiger charge is 2.09. The molecule has 0 radical (unpaired) electrons. The molecule has 28 heavy (non-hydrogen) atoms. The quantitative estimate of drug-likeness (QED) is 0.578. The Morgan fingerprint density at radius 2 is 1.64 bits per heavy atom.